The molecule has 7 aromatic carbocycles. The molecule has 0 fully saturated rings. The smallest absolute Gasteiger partial charge is 0.146 e. The fraction of sp³-hybridized carbons (Fsp3) is 0.0227. The zero-order chi connectivity index (χ0) is 31.6. The lowest BCUT2D eigenvalue weighted by Gasteiger charge is -2.23. The van der Waals surface area contributed by atoms with Crippen LogP contribution in [0.4, 0.5) is 0 Å². The Kier molecular flexibility index (Phi) is 5.90. The van der Waals surface area contributed by atoms with Crippen molar-refractivity contribution in [2.24, 2.45) is 4.99 Å². The third-order valence-electron chi connectivity index (χ3n) is 9.63. The molecule has 0 saturated carbocycles. The van der Waals surface area contributed by atoms with E-state index in [9.17, 15) is 0 Å². The van der Waals surface area contributed by atoms with Gasteiger partial charge in [0.25, 0.3) is 0 Å². The van der Waals surface area contributed by atoms with Crippen molar-refractivity contribution in [2.75, 3.05) is 0 Å². The molecule has 1 atom stereocenters. The summed E-state index contributed by atoms with van der Waals surface area (Å²) in [7, 11) is 0. The molecule has 0 saturated heterocycles. The summed E-state index contributed by atoms with van der Waals surface area (Å²) in [5, 5.41) is 10.5. The molecular formula is C44H29N3O. The number of benzene rings is 7. The molecule has 0 amide bonds. The first kappa shape index (κ1) is 26.8. The Balaban J connectivity index is 1.15. The van der Waals surface area contributed by atoms with Gasteiger partial charge < -0.3 is 14.3 Å². The Hall–Kier alpha value is -6.39. The van der Waals surface area contributed by atoms with E-state index in [4.69, 9.17) is 9.41 Å². The third kappa shape index (κ3) is 4.06. The first-order valence-electron chi connectivity index (χ1n) is 16.3. The highest BCUT2D eigenvalue weighted by atomic mass is 16.3. The van der Waals surface area contributed by atoms with Crippen molar-refractivity contribution < 1.29 is 4.42 Å². The minimum absolute atomic E-state index is 0.270. The van der Waals surface area contributed by atoms with Gasteiger partial charge >= 0.3 is 0 Å². The Morgan fingerprint density at radius 3 is 2.15 bits per heavy atom. The molecule has 226 valence electrons. The maximum Gasteiger partial charge on any atom is 0.146 e. The SMILES string of the molecule is c1ccc(C2=c3ccccc3=NC(c3cccc4oc5cc(-n6c7ccccc7c7c(-c8ccccc8)cccc76)ccc5c34)N2)cc1. The second-order valence-electron chi connectivity index (χ2n) is 12.4. The van der Waals surface area contributed by atoms with Crippen LogP contribution in [0, 0.1) is 0 Å². The van der Waals surface area contributed by atoms with Crippen LogP contribution < -0.4 is 15.9 Å². The number of aromatic nitrogens is 1. The van der Waals surface area contributed by atoms with Crippen LogP contribution in [-0.4, -0.2) is 4.57 Å². The topological polar surface area (TPSA) is 42.5 Å². The molecule has 48 heavy (non-hydrogen) atoms. The van der Waals surface area contributed by atoms with E-state index in [1.54, 1.807) is 0 Å². The first-order valence-corrected chi connectivity index (χ1v) is 16.3. The third-order valence-corrected chi connectivity index (χ3v) is 9.63. The Morgan fingerprint density at radius 1 is 0.542 bits per heavy atom. The van der Waals surface area contributed by atoms with Crippen LogP contribution in [-0.2, 0) is 0 Å². The molecule has 10 rings (SSSR count). The van der Waals surface area contributed by atoms with Crippen molar-refractivity contribution in [3.8, 4) is 16.8 Å². The highest BCUT2D eigenvalue weighted by Gasteiger charge is 2.23. The van der Waals surface area contributed by atoms with Crippen molar-refractivity contribution >= 4 is 49.4 Å². The van der Waals surface area contributed by atoms with Gasteiger partial charge in [-0.3, -0.25) is 4.99 Å². The minimum Gasteiger partial charge on any atom is -0.456 e. The van der Waals surface area contributed by atoms with Crippen molar-refractivity contribution in [2.45, 2.75) is 6.17 Å². The molecule has 9 aromatic rings. The molecule has 2 aromatic heterocycles. The van der Waals surface area contributed by atoms with Gasteiger partial charge in [-0.05, 0) is 53.1 Å². The van der Waals surface area contributed by atoms with Crippen LogP contribution in [0.2, 0.25) is 0 Å². The Morgan fingerprint density at radius 2 is 1.27 bits per heavy atom. The molecule has 0 bridgehead atoms. The number of rotatable bonds is 4. The van der Waals surface area contributed by atoms with E-state index in [-0.39, 0.29) is 6.17 Å². The number of nitrogens with one attached hydrogen (secondary N) is 1. The second-order valence-corrected chi connectivity index (χ2v) is 12.4. The molecule has 0 aliphatic carbocycles. The van der Waals surface area contributed by atoms with Crippen LogP contribution in [0.1, 0.15) is 17.3 Å². The van der Waals surface area contributed by atoms with E-state index in [0.29, 0.717) is 0 Å². The maximum atomic E-state index is 6.63. The zero-order valence-corrected chi connectivity index (χ0v) is 26.0. The number of hydrogen-bond donors (Lipinski definition) is 1. The molecular weight excluding hydrogens is 587 g/mol. The first-order chi connectivity index (χ1) is 23.8. The predicted octanol–water partition coefficient (Wildman–Crippen LogP) is 9.43. The van der Waals surface area contributed by atoms with Gasteiger partial charge in [0.05, 0.1) is 22.1 Å². The second kappa shape index (κ2) is 10.6. The molecule has 1 aliphatic rings. The highest BCUT2D eigenvalue weighted by Crippen LogP contribution is 2.40. The molecule has 0 spiro atoms. The summed E-state index contributed by atoms with van der Waals surface area (Å²) in [5.41, 5.74) is 10.9. The van der Waals surface area contributed by atoms with Crippen LogP contribution in [0.15, 0.2) is 173 Å². The summed E-state index contributed by atoms with van der Waals surface area (Å²) in [6.45, 7) is 0. The van der Waals surface area contributed by atoms with Gasteiger partial charge in [0, 0.05) is 44.1 Å². The number of para-hydroxylation sites is 2. The summed E-state index contributed by atoms with van der Waals surface area (Å²) in [5.74, 6) is 0. The summed E-state index contributed by atoms with van der Waals surface area (Å²) in [6.07, 6.45) is -0.270. The van der Waals surface area contributed by atoms with E-state index < -0.39 is 0 Å². The predicted molar refractivity (Wildman–Crippen MR) is 196 cm³/mol. The van der Waals surface area contributed by atoms with Crippen molar-refractivity contribution in [1.82, 2.24) is 9.88 Å². The fourth-order valence-corrected chi connectivity index (χ4v) is 7.54. The van der Waals surface area contributed by atoms with E-state index >= 15 is 0 Å². The summed E-state index contributed by atoms with van der Waals surface area (Å²) in [4.78, 5) is 5.21. The standard InChI is InChI=1S/C44H29N3O/c1-3-13-28(14-4-1)31-19-11-23-38-41(31)33-18-8-10-22-37(33)47(38)30-25-26-34-40(27-30)48-39-24-12-20-35(42(34)39)44-45-36-21-9-7-17-32(36)43(46-44)29-15-5-2-6-16-29/h1-27,44,46H. The molecule has 4 nitrogen and oxygen atoms in total. The van der Waals surface area contributed by atoms with Crippen molar-refractivity contribution in [1.29, 1.82) is 0 Å². The average molecular weight is 616 g/mol. The minimum atomic E-state index is -0.270. The Labute approximate surface area is 276 Å². The molecule has 1 N–H and O–H groups in total. The van der Waals surface area contributed by atoms with E-state index in [1.165, 1.54) is 32.9 Å². The summed E-state index contributed by atoms with van der Waals surface area (Å²) < 4.78 is 8.99. The lowest BCUT2D eigenvalue weighted by molar-refractivity contribution is 0.636. The van der Waals surface area contributed by atoms with Crippen LogP contribution in [0.5, 0.6) is 0 Å². The number of nitrogens with zero attached hydrogens (tertiary/aromatic N) is 2. The van der Waals surface area contributed by atoms with Gasteiger partial charge in [0.2, 0.25) is 0 Å². The van der Waals surface area contributed by atoms with Gasteiger partial charge in [0.1, 0.15) is 17.3 Å². The average Bonchev–Trinajstić information content (AvgIpc) is 3.70. The largest absolute Gasteiger partial charge is 0.456 e. The van der Waals surface area contributed by atoms with Gasteiger partial charge in [-0.15, -0.1) is 0 Å². The van der Waals surface area contributed by atoms with Crippen molar-refractivity contribution in [3.05, 3.63) is 185 Å². The maximum absolute atomic E-state index is 6.63. The lowest BCUT2D eigenvalue weighted by Crippen LogP contribution is -2.39. The Bertz CT molecular complexity index is 2810. The number of hydrogen-bond acceptors (Lipinski definition) is 3. The molecule has 1 aliphatic heterocycles. The number of furan rings is 1. The lowest BCUT2D eigenvalue weighted by atomic mass is 9.99. The van der Waals surface area contributed by atoms with Gasteiger partial charge in [0.15, 0.2) is 0 Å². The van der Waals surface area contributed by atoms with E-state index in [2.05, 4.69) is 174 Å². The summed E-state index contributed by atoms with van der Waals surface area (Å²) >= 11 is 0. The highest BCUT2D eigenvalue weighted by molar-refractivity contribution is 6.16. The quantitative estimate of drug-likeness (QED) is 0.214. The van der Waals surface area contributed by atoms with Gasteiger partial charge in [-0.25, -0.2) is 0 Å². The normalized spacial score (nSPS) is 14.3. The van der Waals surface area contributed by atoms with Gasteiger partial charge in [-0.1, -0.05) is 121 Å². The van der Waals surface area contributed by atoms with Gasteiger partial charge in [-0.2, -0.15) is 0 Å². The van der Waals surface area contributed by atoms with E-state index in [1.807, 2.05) is 0 Å². The van der Waals surface area contributed by atoms with Crippen LogP contribution in [0.3, 0.4) is 0 Å². The molecule has 4 heteroatoms. The van der Waals surface area contributed by atoms with Crippen LogP contribution >= 0.6 is 0 Å². The zero-order valence-electron chi connectivity index (χ0n) is 26.0. The molecule has 3 heterocycles. The molecule has 1 unspecified atom stereocenters. The monoisotopic (exact) mass is 615 g/mol. The van der Waals surface area contributed by atoms with Crippen LogP contribution in [0.25, 0.3) is 66.3 Å². The van der Waals surface area contributed by atoms with Crippen molar-refractivity contribution in [3.63, 3.8) is 0 Å². The number of fused-ring (bicyclic) bond motifs is 7. The summed E-state index contributed by atoms with van der Waals surface area (Å²) in [6, 6.07) is 57.7. The fourth-order valence-electron chi connectivity index (χ4n) is 7.54. The molecule has 0 radical (unpaired) electrons. The van der Waals surface area contributed by atoms with E-state index in [0.717, 1.165) is 55.0 Å².